The van der Waals surface area contributed by atoms with Gasteiger partial charge in [0.25, 0.3) is 0 Å². The van der Waals surface area contributed by atoms with Crippen molar-refractivity contribution in [2.45, 2.75) is 6.18 Å². The van der Waals surface area contributed by atoms with Gasteiger partial charge in [-0.3, -0.25) is 0 Å². The second-order valence-corrected chi connectivity index (χ2v) is 4.48. The number of aromatic nitrogens is 2. The molecule has 0 bridgehead atoms. The van der Waals surface area contributed by atoms with Crippen LogP contribution in [0.2, 0.25) is 0 Å². The molecule has 0 amide bonds. The second-order valence-electron chi connectivity index (χ2n) is 4.48. The number of rotatable bonds is 2. The summed E-state index contributed by atoms with van der Waals surface area (Å²) in [6.45, 7) is 0. The van der Waals surface area contributed by atoms with Crippen LogP contribution in [0, 0.1) is 0 Å². The minimum atomic E-state index is -4.42. The molecular formula is C15H11F3N2O. The van der Waals surface area contributed by atoms with Crippen molar-refractivity contribution in [2.75, 3.05) is 7.11 Å². The molecule has 0 atom stereocenters. The predicted octanol–water partition coefficient (Wildman–Crippen LogP) is 4.03. The topological polar surface area (TPSA) is 26.5 Å². The summed E-state index contributed by atoms with van der Waals surface area (Å²) < 4.78 is 46.0. The number of hydrogen-bond acceptors (Lipinski definition) is 2. The number of benzene rings is 1. The standard InChI is InChI=1S/C15H11F3N2O/c1-21-13-7-4-8-20-9-12(19-14(13)20)10-5-2-3-6-11(10)15(16,17)18/h2-9H,1H3. The normalized spacial score (nSPS) is 11.8. The fraction of sp³-hybridized carbons (Fsp3) is 0.133. The predicted molar refractivity (Wildman–Crippen MR) is 72.2 cm³/mol. The maximum absolute atomic E-state index is 13.1. The van der Waals surface area contributed by atoms with Crippen molar-refractivity contribution < 1.29 is 17.9 Å². The molecule has 3 aromatic rings. The van der Waals surface area contributed by atoms with E-state index in [1.807, 2.05) is 0 Å². The largest absolute Gasteiger partial charge is 0.493 e. The molecule has 2 aromatic heterocycles. The van der Waals surface area contributed by atoms with Gasteiger partial charge in [-0.2, -0.15) is 13.2 Å². The van der Waals surface area contributed by atoms with E-state index in [-0.39, 0.29) is 11.3 Å². The number of fused-ring (bicyclic) bond motifs is 1. The number of nitrogens with zero attached hydrogens (tertiary/aromatic N) is 2. The molecule has 1 aromatic carbocycles. The number of imidazole rings is 1. The van der Waals surface area contributed by atoms with Crippen LogP contribution in [0.1, 0.15) is 5.56 Å². The van der Waals surface area contributed by atoms with Crippen LogP contribution in [0.4, 0.5) is 13.2 Å². The van der Waals surface area contributed by atoms with Gasteiger partial charge in [0, 0.05) is 18.0 Å². The van der Waals surface area contributed by atoms with E-state index in [0.29, 0.717) is 11.4 Å². The molecule has 6 heteroatoms. The first-order valence-corrected chi connectivity index (χ1v) is 6.19. The Kier molecular flexibility index (Phi) is 3.08. The summed E-state index contributed by atoms with van der Waals surface area (Å²) in [5, 5.41) is 0. The average Bonchev–Trinajstić information content (AvgIpc) is 2.90. The van der Waals surface area contributed by atoms with Crippen LogP contribution in [-0.2, 0) is 6.18 Å². The van der Waals surface area contributed by atoms with Gasteiger partial charge in [-0.05, 0) is 18.2 Å². The lowest BCUT2D eigenvalue weighted by Gasteiger charge is -2.10. The van der Waals surface area contributed by atoms with Gasteiger partial charge >= 0.3 is 6.18 Å². The Morgan fingerprint density at radius 2 is 1.86 bits per heavy atom. The molecule has 0 spiro atoms. The Balaban J connectivity index is 2.22. The van der Waals surface area contributed by atoms with Crippen molar-refractivity contribution in [1.82, 2.24) is 9.38 Å². The van der Waals surface area contributed by atoms with E-state index in [1.165, 1.54) is 19.2 Å². The molecule has 0 fully saturated rings. The van der Waals surface area contributed by atoms with Crippen LogP contribution in [0.25, 0.3) is 16.9 Å². The quantitative estimate of drug-likeness (QED) is 0.713. The van der Waals surface area contributed by atoms with Gasteiger partial charge < -0.3 is 9.14 Å². The van der Waals surface area contributed by atoms with E-state index in [0.717, 1.165) is 6.07 Å². The van der Waals surface area contributed by atoms with Gasteiger partial charge in [0.15, 0.2) is 11.4 Å². The first-order chi connectivity index (χ1) is 10.0. The zero-order valence-corrected chi connectivity index (χ0v) is 11.1. The number of pyridine rings is 1. The summed E-state index contributed by atoms with van der Waals surface area (Å²) in [6.07, 6.45) is -1.15. The lowest BCUT2D eigenvalue weighted by Crippen LogP contribution is -2.06. The second kappa shape index (κ2) is 4.80. The van der Waals surface area contributed by atoms with Gasteiger partial charge in [-0.25, -0.2) is 4.98 Å². The molecule has 3 nitrogen and oxygen atoms in total. The van der Waals surface area contributed by atoms with Crippen LogP contribution < -0.4 is 4.74 Å². The molecule has 0 saturated carbocycles. The summed E-state index contributed by atoms with van der Waals surface area (Å²) in [4.78, 5) is 4.27. The van der Waals surface area contributed by atoms with E-state index in [4.69, 9.17) is 4.74 Å². The average molecular weight is 292 g/mol. The van der Waals surface area contributed by atoms with Crippen LogP contribution in [0.3, 0.4) is 0 Å². The van der Waals surface area contributed by atoms with Crippen molar-refractivity contribution in [3.63, 3.8) is 0 Å². The Bertz CT molecular complexity index is 793. The molecule has 2 heterocycles. The Hall–Kier alpha value is -2.50. The molecule has 0 aliphatic carbocycles. The highest BCUT2D eigenvalue weighted by Gasteiger charge is 2.33. The highest BCUT2D eigenvalue weighted by molar-refractivity contribution is 5.69. The van der Waals surface area contributed by atoms with E-state index < -0.39 is 11.7 Å². The summed E-state index contributed by atoms with van der Waals surface area (Å²) >= 11 is 0. The molecule has 0 aliphatic rings. The lowest BCUT2D eigenvalue weighted by molar-refractivity contribution is -0.137. The molecular weight excluding hydrogens is 281 g/mol. The van der Waals surface area contributed by atoms with Crippen molar-refractivity contribution in [1.29, 1.82) is 0 Å². The van der Waals surface area contributed by atoms with Crippen molar-refractivity contribution in [2.24, 2.45) is 0 Å². The minimum Gasteiger partial charge on any atom is -0.493 e. The number of alkyl halides is 3. The molecule has 0 N–H and O–H groups in total. The first kappa shape index (κ1) is 13.5. The number of methoxy groups -OCH3 is 1. The number of hydrogen-bond donors (Lipinski definition) is 0. The number of halogens is 3. The Morgan fingerprint density at radius 3 is 2.57 bits per heavy atom. The van der Waals surface area contributed by atoms with Gasteiger partial charge in [-0.15, -0.1) is 0 Å². The Labute approximate surface area is 118 Å². The van der Waals surface area contributed by atoms with Gasteiger partial charge in [0.1, 0.15) is 0 Å². The van der Waals surface area contributed by atoms with E-state index in [1.54, 1.807) is 35.0 Å². The van der Waals surface area contributed by atoms with Crippen molar-refractivity contribution >= 4 is 5.65 Å². The zero-order valence-electron chi connectivity index (χ0n) is 11.1. The van der Waals surface area contributed by atoms with E-state index in [2.05, 4.69) is 4.98 Å². The monoisotopic (exact) mass is 292 g/mol. The summed E-state index contributed by atoms with van der Waals surface area (Å²) in [7, 11) is 1.49. The van der Waals surface area contributed by atoms with E-state index >= 15 is 0 Å². The minimum absolute atomic E-state index is 0.0516. The summed E-state index contributed by atoms with van der Waals surface area (Å²) in [6, 6.07) is 8.84. The molecule has 0 saturated heterocycles. The van der Waals surface area contributed by atoms with Crippen LogP contribution >= 0.6 is 0 Å². The van der Waals surface area contributed by atoms with Crippen LogP contribution in [0.5, 0.6) is 5.75 Å². The third-order valence-electron chi connectivity index (χ3n) is 3.18. The SMILES string of the molecule is COc1cccn2cc(-c3ccccc3C(F)(F)F)nc12. The highest BCUT2D eigenvalue weighted by atomic mass is 19.4. The maximum atomic E-state index is 13.1. The molecule has 108 valence electrons. The fourth-order valence-electron chi connectivity index (χ4n) is 2.23. The summed E-state index contributed by atoms with van der Waals surface area (Å²) in [5.41, 5.74) is 0.0857. The molecule has 3 rings (SSSR count). The number of ether oxygens (including phenoxy) is 1. The smallest absolute Gasteiger partial charge is 0.417 e. The van der Waals surface area contributed by atoms with Gasteiger partial charge in [0.05, 0.1) is 18.4 Å². The highest BCUT2D eigenvalue weighted by Crippen LogP contribution is 2.37. The van der Waals surface area contributed by atoms with Crippen molar-refractivity contribution in [3.8, 4) is 17.0 Å². The van der Waals surface area contributed by atoms with E-state index in [9.17, 15) is 13.2 Å². The van der Waals surface area contributed by atoms with Gasteiger partial charge in [-0.1, -0.05) is 18.2 Å². The van der Waals surface area contributed by atoms with Crippen LogP contribution in [-0.4, -0.2) is 16.5 Å². The molecule has 21 heavy (non-hydrogen) atoms. The van der Waals surface area contributed by atoms with Gasteiger partial charge in [0.2, 0.25) is 0 Å². The third kappa shape index (κ3) is 2.33. The molecule has 0 unspecified atom stereocenters. The Morgan fingerprint density at radius 1 is 1.10 bits per heavy atom. The lowest BCUT2D eigenvalue weighted by atomic mass is 10.1. The maximum Gasteiger partial charge on any atom is 0.417 e. The van der Waals surface area contributed by atoms with Crippen LogP contribution in [0.15, 0.2) is 48.8 Å². The van der Waals surface area contributed by atoms with Crippen molar-refractivity contribution in [3.05, 3.63) is 54.4 Å². The fourth-order valence-corrected chi connectivity index (χ4v) is 2.23. The first-order valence-electron chi connectivity index (χ1n) is 6.19. The third-order valence-corrected chi connectivity index (χ3v) is 3.18. The molecule has 0 radical (unpaired) electrons. The molecule has 0 aliphatic heterocycles. The summed E-state index contributed by atoms with van der Waals surface area (Å²) in [5.74, 6) is 0.508. The zero-order chi connectivity index (χ0) is 15.0.